The monoisotopic (exact) mass is 237 g/mol. The molecule has 0 aliphatic rings. The number of aryl methyl sites for hydroxylation is 1. The number of methoxy groups -OCH3 is 1. The van der Waals surface area contributed by atoms with E-state index >= 15 is 0 Å². The largest absolute Gasteiger partial charge is 0.382 e. The summed E-state index contributed by atoms with van der Waals surface area (Å²) >= 11 is 0. The van der Waals surface area contributed by atoms with Gasteiger partial charge < -0.3 is 14.8 Å². The molecule has 0 aliphatic heterocycles. The van der Waals surface area contributed by atoms with E-state index in [0.29, 0.717) is 6.61 Å². The van der Waals surface area contributed by atoms with E-state index in [1.807, 2.05) is 14.0 Å². The lowest BCUT2D eigenvalue weighted by molar-refractivity contribution is -0.0387. The minimum absolute atomic E-state index is 0.0748. The lowest BCUT2D eigenvalue weighted by Crippen LogP contribution is -2.25. The Balaban J connectivity index is 2.67. The van der Waals surface area contributed by atoms with Crippen LogP contribution in [0.4, 0.5) is 0 Å². The van der Waals surface area contributed by atoms with E-state index in [4.69, 9.17) is 9.47 Å². The van der Waals surface area contributed by atoms with Crippen LogP contribution in [0.1, 0.15) is 24.2 Å². The summed E-state index contributed by atoms with van der Waals surface area (Å²) in [6, 6.07) is 8.47. The first-order valence-electron chi connectivity index (χ1n) is 6.03. The van der Waals surface area contributed by atoms with Gasteiger partial charge in [-0.3, -0.25) is 0 Å². The molecular weight excluding hydrogens is 214 g/mol. The molecule has 3 nitrogen and oxygen atoms in total. The fourth-order valence-corrected chi connectivity index (χ4v) is 1.77. The number of nitrogens with one attached hydrogen (secondary N) is 1. The van der Waals surface area contributed by atoms with Crippen molar-refractivity contribution in [1.82, 2.24) is 5.32 Å². The molecule has 0 bridgehead atoms. The van der Waals surface area contributed by atoms with Crippen LogP contribution in [0.25, 0.3) is 0 Å². The van der Waals surface area contributed by atoms with Gasteiger partial charge in [0.1, 0.15) is 0 Å². The lowest BCUT2D eigenvalue weighted by atomic mass is 10.1. The second kappa shape index (κ2) is 7.43. The molecule has 1 rings (SSSR count). The molecule has 0 spiro atoms. The zero-order valence-electron chi connectivity index (χ0n) is 11.2. The second-order valence-corrected chi connectivity index (χ2v) is 4.36. The molecule has 2 unspecified atom stereocenters. The first kappa shape index (κ1) is 14.2. The van der Waals surface area contributed by atoms with Gasteiger partial charge in [-0.15, -0.1) is 0 Å². The molecule has 0 saturated carbocycles. The van der Waals surface area contributed by atoms with Gasteiger partial charge in [0.2, 0.25) is 0 Å². The summed E-state index contributed by atoms with van der Waals surface area (Å²) in [4.78, 5) is 0. The van der Waals surface area contributed by atoms with Crippen molar-refractivity contribution in [2.75, 3.05) is 27.3 Å². The van der Waals surface area contributed by atoms with E-state index in [0.717, 1.165) is 6.54 Å². The van der Waals surface area contributed by atoms with Crippen LogP contribution in [0.2, 0.25) is 0 Å². The van der Waals surface area contributed by atoms with Crippen molar-refractivity contribution >= 4 is 0 Å². The third-order valence-electron chi connectivity index (χ3n) is 2.64. The Kier molecular flexibility index (Phi) is 6.19. The molecule has 17 heavy (non-hydrogen) atoms. The van der Waals surface area contributed by atoms with Gasteiger partial charge >= 0.3 is 0 Å². The van der Waals surface area contributed by atoms with Crippen molar-refractivity contribution in [3.8, 4) is 0 Å². The van der Waals surface area contributed by atoms with Crippen LogP contribution in [0.3, 0.4) is 0 Å². The SMILES string of the molecule is CNCC(OC(C)COC)c1ccc(C)cc1. The minimum atomic E-state index is 0.0748. The fraction of sp³-hybridized carbons (Fsp3) is 0.571. The maximum atomic E-state index is 5.97. The Morgan fingerprint density at radius 3 is 2.41 bits per heavy atom. The van der Waals surface area contributed by atoms with Gasteiger partial charge in [-0.05, 0) is 26.5 Å². The summed E-state index contributed by atoms with van der Waals surface area (Å²) in [5.74, 6) is 0. The van der Waals surface area contributed by atoms with Crippen molar-refractivity contribution in [3.63, 3.8) is 0 Å². The van der Waals surface area contributed by atoms with Gasteiger partial charge in [-0.2, -0.15) is 0 Å². The molecule has 1 aromatic rings. The fourth-order valence-electron chi connectivity index (χ4n) is 1.77. The van der Waals surface area contributed by atoms with E-state index in [9.17, 15) is 0 Å². The van der Waals surface area contributed by atoms with E-state index in [1.54, 1.807) is 7.11 Å². The summed E-state index contributed by atoms with van der Waals surface area (Å²) in [5.41, 5.74) is 2.47. The van der Waals surface area contributed by atoms with E-state index in [-0.39, 0.29) is 12.2 Å². The molecule has 0 amide bonds. The average molecular weight is 237 g/mol. The predicted octanol–water partition coefficient (Wildman–Crippen LogP) is 2.31. The first-order valence-corrected chi connectivity index (χ1v) is 6.03. The molecule has 0 saturated heterocycles. The normalized spacial score (nSPS) is 14.6. The number of ether oxygens (including phenoxy) is 2. The summed E-state index contributed by atoms with van der Waals surface area (Å²) in [6.07, 6.45) is 0.172. The van der Waals surface area contributed by atoms with Crippen molar-refractivity contribution in [3.05, 3.63) is 35.4 Å². The van der Waals surface area contributed by atoms with Crippen LogP contribution in [-0.4, -0.2) is 33.4 Å². The highest BCUT2D eigenvalue weighted by Crippen LogP contribution is 2.19. The van der Waals surface area contributed by atoms with Gasteiger partial charge in [-0.1, -0.05) is 29.8 Å². The highest BCUT2D eigenvalue weighted by Gasteiger charge is 2.14. The first-order chi connectivity index (χ1) is 8.17. The van der Waals surface area contributed by atoms with Gasteiger partial charge in [0.25, 0.3) is 0 Å². The third kappa shape index (κ3) is 4.86. The molecule has 2 atom stereocenters. The van der Waals surface area contributed by atoms with Crippen LogP contribution in [0, 0.1) is 6.92 Å². The van der Waals surface area contributed by atoms with Crippen molar-refractivity contribution in [2.24, 2.45) is 0 Å². The zero-order chi connectivity index (χ0) is 12.7. The van der Waals surface area contributed by atoms with Crippen LogP contribution >= 0.6 is 0 Å². The average Bonchev–Trinajstić information content (AvgIpc) is 2.30. The number of hydrogen-bond acceptors (Lipinski definition) is 3. The van der Waals surface area contributed by atoms with E-state index in [1.165, 1.54) is 11.1 Å². The lowest BCUT2D eigenvalue weighted by Gasteiger charge is -2.22. The number of likely N-dealkylation sites (N-methyl/N-ethyl adjacent to an activating group) is 1. The molecule has 0 radical (unpaired) electrons. The summed E-state index contributed by atoms with van der Waals surface area (Å²) in [6.45, 7) is 5.54. The van der Waals surface area contributed by atoms with Gasteiger partial charge in [0, 0.05) is 13.7 Å². The number of benzene rings is 1. The van der Waals surface area contributed by atoms with Crippen LogP contribution in [-0.2, 0) is 9.47 Å². The molecule has 0 aromatic heterocycles. The Labute approximate surface area is 104 Å². The summed E-state index contributed by atoms with van der Waals surface area (Å²) in [5, 5.41) is 3.16. The maximum absolute atomic E-state index is 5.97. The molecule has 0 heterocycles. The van der Waals surface area contributed by atoms with Crippen molar-refractivity contribution < 1.29 is 9.47 Å². The minimum Gasteiger partial charge on any atom is -0.382 e. The highest BCUT2D eigenvalue weighted by atomic mass is 16.5. The van der Waals surface area contributed by atoms with E-state index < -0.39 is 0 Å². The van der Waals surface area contributed by atoms with Crippen LogP contribution in [0.15, 0.2) is 24.3 Å². The zero-order valence-corrected chi connectivity index (χ0v) is 11.2. The molecule has 1 N–H and O–H groups in total. The van der Waals surface area contributed by atoms with Crippen molar-refractivity contribution in [1.29, 1.82) is 0 Å². The topological polar surface area (TPSA) is 30.5 Å². The molecule has 1 aromatic carbocycles. The number of hydrogen-bond donors (Lipinski definition) is 1. The molecule has 3 heteroatoms. The Bertz CT molecular complexity index is 311. The quantitative estimate of drug-likeness (QED) is 0.789. The second-order valence-electron chi connectivity index (χ2n) is 4.36. The summed E-state index contributed by atoms with van der Waals surface area (Å²) < 4.78 is 11.1. The van der Waals surface area contributed by atoms with Gasteiger partial charge in [0.05, 0.1) is 18.8 Å². The predicted molar refractivity (Wildman–Crippen MR) is 70.3 cm³/mol. The third-order valence-corrected chi connectivity index (χ3v) is 2.64. The Hall–Kier alpha value is -0.900. The smallest absolute Gasteiger partial charge is 0.0953 e. The van der Waals surface area contributed by atoms with Crippen LogP contribution in [0.5, 0.6) is 0 Å². The molecule has 0 fully saturated rings. The summed E-state index contributed by atoms with van der Waals surface area (Å²) in [7, 11) is 3.63. The molecule has 0 aliphatic carbocycles. The Morgan fingerprint density at radius 1 is 1.24 bits per heavy atom. The molecule has 96 valence electrons. The van der Waals surface area contributed by atoms with Gasteiger partial charge in [0.15, 0.2) is 0 Å². The van der Waals surface area contributed by atoms with Gasteiger partial charge in [-0.25, -0.2) is 0 Å². The van der Waals surface area contributed by atoms with Crippen molar-refractivity contribution in [2.45, 2.75) is 26.1 Å². The van der Waals surface area contributed by atoms with Crippen LogP contribution < -0.4 is 5.32 Å². The number of rotatable bonds is 7. The standard InChI is InChI=1S/C14H23NO2/c1-11-5-7-13(8-6-11)14(9-15-3)17-12(2)10-16-4/h5-8,12,14-15H,9-10H2,1-4H3. The molecular formula is C14H23NO2. The highest BCUT2D eigenvalue weighted by molar-refractivity contribution is 5.23. The Morgan fingerprint density at radius 2 is 1.88 bits per heavy atom. The van der Waals surface area contributed by atoms with E-state index in [2.05, 4.69) is 36.5 Å². The maximum Gasteiger partial charge on any atom is 0.0953 e.